The van der Waals surface area contributed by atoms with Crippen molar-refractivity contribution in [3.8, 4) is 5.75 Å². The molecule has 0 atom stereocenters. The lowest BCUT2D eigenvalue weighted by Crippen LogP contribution is -2.52. The molecule has 0 aliphatic carbocycles. The predicted octanol–water partition coefficient (Wildman–Crippen LogP) is 3.04. The first-order chi connectivity index (χ1) is 14.7. The van der Waals surface area contributed by atoms with Crippen LogP contribution in [0.1, 0.15) is 18.1 Å². The normalized spacial score (nSPS) is 16.3. The molecule has 31 heavy (non-hydrogen) atoms. The Kier molecular flexibility index (Phi) is 8.70. The van der Waals surface area contributed by atoms with Crippen LogP contribution >= 0.6 is 24.0 Å². The molecule has 0 spiro atoms. The molecule has 3 heterocycles. The van der Waals surface area contributed by atoms with Gasteiger partial charge in [0.25, 0.3) is 0 Å². The topological polar surface area (TPSA) is 62.2 Å². The Morgan fingerprint density at radius 2 is 2.06 bits per heavy atom. The van der Waals surface area contributed by atoms with Crippen molar-refractivity contribution in [1.82, 2.24) is 15.2 Å². The number of rotatable bonds is 5. The number of pyridine rings is 1. The van der Waals surface area contributed by atoms with E-state index in [0.717, 1.165) is 61.4 Å². The first-order valence-corrected chi connectivity index (χ1v) is 10.5. The lowest BCUT2D eigenvalue weighted by Gasteiger charge is -2.37. The van der Waals surface area contributed by atoms with Crippen molar-refractivity contribution in [2.45, 2.75) is 20.0 Å². The van der Waals surface area contributed by atoms with Crippen LogP contribution in [0.25, 0.3) is 0 Å². The number of nitrogens with one attached hydrogen (secondary N) is 1. The van der Waals surface area contributed by atoms with Gasteiger partial charge in [0.2, 0.25) is 0 Å². The van der Waals surface area contributed by atoms with Crippen molar-refractivity contribution < 1.29 is 13.9 Å². The second-order valence-corrected chi connectivity index (χ2v) is 7.31. The first kappa shape index (κ1) is 23.5. The zero-order valence-electron chi connectivity index (χ0n) is 17.7. The average molecular weight is 541 g/mol. The average Bonchev–Trinajstić information content (AvgIpc) is 2.79. The number of aliphatic imine (C=N–C) groups is 1. The summed E-state index contributed by atoms with van der Waals surface area (Å²) in [6, 6.07) is 9.01. The third kappa shape index (κ3) is 5.97. The molecule has 1 aromatic carbocycles. The second-order valence-electron chi connectivity index (χ2n) is 7.31. The molecule has 7 nitrogen and oxygen atoms in total. The molecule has 2 aliphatic rings. The fraction of sp³-hybridized carbons (Fsp3) is 0.455. The fourth-order valence-electron chi connectivity index (χ4n) is 3.84. The van der Waals surface area contributed by atoms with Gasteiger partial charge in [-0.25, -0.2) is 9.37 Å². The van der Waals surface area contributed by atoms with E-state index < -0.39 is 0 Å². The first-order valence-electron chi connectivity index (χ1n) is 10.5. The van der Waals surface area contributed by atoms with Gasteiger partial charge >= 0.3 is 0 Å². The van der Waals surface area contributed by atoms with Crippen LogP contribution in [-0.4, -0.2) is 61.9 Å². The number of halogens is 2. The molecule has 0 bridgehead atoms. The quantitative estimate of drug-likeness (QED) is 0.357. The van der Waals surface area contributed by atoms with E-state index in [0.29, 0.717) is 19.6 Å². The Balaban J connectivity index is 0.00000272. The van der Waals surface area contributed by atoms with Crippen molar-refractivity contribution in [2.75, 3.05) is 51.0 Å². The number of piperazine rings is 1. The van der Waals surface area contributed by atoms with Gasteiger partial charge in [-0.2, -0.15) is 0 Å². The Hall–Kier alpha value is -2.14. The molecule has 1 saturated heterocycles. The minimum Gasteiger partial charge on any atom is -0.467 e. The molecular weight excluding hydrogens is 512 g/mol. The standard InChI is InChI=1S/C22H28FN5O2.HI/c1-2-24-22(28-11-9-27(10-12-28)20-5-3-4-7-25-20)26-8-6-17-13-19(23)14-18-15-29-16-30-21(17)18;/h3-5,7,13-14H,2,6,8-12,15-16H2,1H3,(H,24,26);1H. The number of fused-ring (bicyclic) bond motifs is 1. The van der Waals surface area contributed by atoms with Crippen LogP contribution in [0, 0.1) is 5.82 Å². The maximum atomic E-state index is 14.0. The van der Waals surface area contributed by atoms with E-state index in [2.05, 4.69) is 27.0 Å². The Bertz CT molecular complexity index is 876. The maximum Gasteiger partial charge on any atom is 0.194 e. The third-order valence-corrected chi connectivity index (χ3v) is 5.28. The van der Waals surface area contributed by atoms with Crippen LogP contribution in [-0.2, 0) is 17.8 Å². The second kappa shape index (κ2) is 11.5. The summed E-state index contributed by atoms with van der Waals surface area (Å²) in [5, 5.41) is 3.38. The van der Waals surface area contributed by atoms with Crippen LogP contribution in [0.5, 0.6) is 5.75 Å². The molecule has 2 aliphatic heterocycles. The molecule has 0 amide bonds. The lowest BCUT2D eigenvalue weighted by atomic mass is 10.1. The van der Waals surface area contributed by atoms with Crippen LogP contribution in [0.3, 0.4) is 0 Å². The fourth-order valence-corrected chi connectivity index (χ4v) is 3.84. The number of ether oxygens (including phenoxy) is 2. The summed E-state index contributed by atoms with van der Waals surface area (Å²) in [6.45, 7) is 7.55. The molecule has 0 unspecified atom stereocenters. The summed E-state index contributed by atoms with van der Waals surface area (Å²) in [6.07, 6.45) is 2.44. The summed E-state index contributed by atoms with van der Waals surface area (Å²) < 4.78 is 24.8. The van der Waals surface area contributed by atoms with Crippen LogP contribution in [0.15, 0.2) is 41.5 Å². The van der Waals surface area contributed by atoms with Crippen molar-refractivity contribution in [2.24, 2.45) is 4.99 Å². The number of guanidine groups is 1. The number of nitrogens with zero attached hydrogens (tertiary/aromatic N) is 4. The molecule has 9 heteroatoms. The Labute approximate surface area is 199 Å². The third-order valence-electron chi connectivity index (χ3n) is 5.28. The number of benzene rings is 1. The summed E-state index contributed by atoms with van der Waals surface area (Å²) in [5.41, 5.74) is 1.60. The predicted molar refractivity (Wildman–Crippen MR) is 130 cm³/mol. The highest BCUT2D eigenvalue weighted by Gasteiger charge is 2.21. The van der Waals surface area contributed by atoms with E-state index in [4.69, 9.17) is 14.5 Å². The summed E-state index contributed by atoms with van der Waals surface area (Å²) in [4.78, 5) is 13.8. The summed E-state index contributed by atoms with van der Waals surface area (Å²) in [7, 11) is 0. The highest BCUT2D eigenvalue weighted by atomic mass is 127. The lowest BCUT2D eigenvalue weighted by molar-refractivity contribution is -0.0172. The van der Waals surface area contributed by atoms with Gasteiger partial charge in [-0.05, 0) is 43.2 Å². The van der Waals surface area contributed by atoms with Gasteiger partial charge in [-0.1, -0.05) is 6.07 Å². The number of hydrogen-bond donors (Lipinski definition) is 1. The monoisotopic (exact) mass is 541 g/mol. The van der Waals surface area contributed by atoms with Crippen molar-refractivity contribution in [3.05, 3.63) is 53.5 Å². The zero-order chi connectivity index (χ0) is 20.8. The van der Waals surface area contributed by atoms with E-state index >= 15 is 0 Å². The molecular formula is C22H29FIN5O2. The minimum atomic E-state index is -0.264. The molecule has 1 N–H and O–H groups in total. The van der Waals surface area contributed by atoms with Crippen molar-refractivity contribution >= 4 is 35.8 Å². The van der Waals surface area contributed by atoms with Gasteiger partial charge in [0.05, 0.1) is 6.61 Å². The smallest absolute Gasteiger partial charge is 0.194 e. The van der Waals surface area contributed by atoms with Gasteiger partial charge in [-0.3, -0.25) is 4.99 Å². The highest BCUT2D eigenvalue weighted by molar-refractivity contribution is 14.0. The molecule has 0 radical (unpaired) electrons. The molecule has 2 aromatic rings. The van der Waals surface area contributed by atoms with E-state index in [1.54, 1.807) is 0 Å². The van der Waals surface area contributed by atoms with E-state index in [9.17, 15) is 4.39 Å². The Morgan fingerprint density at radius 3 is 2.81 bits per heavy atom. The minimum absolute atomic E-state index is 0. The maximum absolute atomic E-state index is 14.0. The van der Waals surface area contributed by atoms with Gasteiger partial charge in [0.15, 0.2) is 12.8 Å². The van der Waals surface area contributed by atoms with Crippen molar-refractivity contribution in [1.29, 1.82) is 0 Å². The molecule has 0 saturated carbocycles. The summed E-state index contributed by atoms with van der Waals surface area (Å²) in [5.74, 6) is 2.39. The Morgan fingerprint density at radius 1 is 1.23 bits per heavy atom. The molecule has 1 aromatic heterocycles. The van der Waals surface area contributed by atoms with Crippen molar-refractivity contribution in [3.63, 3.8) is 0 Å². The number of hydrogen-bond acceptors (Lipinski definition) is 5. The largest absolute Gasteiger partial charge is 0.467 e. The van der Waals surface area contributed by atoms with E-state index in [1.165, 1.54) is 12.1 Å². The number of anilines is 1. The molecule has 4 rings (SSSR count). The molecule has 168 valence electrons. The van der Waals surface area contributed by atoms with Gasteiger partial charge in [-0.15, -0.1) is 24.0 Å². The van der Waals surface area contributed by atoms with Gasteiger partial charge < -0.3 is 24.6 Å². The molecule has 1 fully saturated rings. The number of aromatic nitrogens is 1. The SMILES string of the molecule is CCNC(=NCCc1cc(F)cc2c1OCOC2)N1CCN(c2ccccn2)CC1.I. The highest BCUT2D eigenvalue weighted by Crippen LogP contribution is 2.29. The van der Waals surface area contributed by atoms with E-state index in [1.807, 2.05) is 24.4 Å². The van der Waals surface area contributed by atoms with Gasteiger partial charge in [0, 0.05) is 51.0 Å². The summed E-state index contributed by atoms with van der Waals surface area (Å²) >= 11 is 0. The van der Waals surface area contributed by atoms with Crippen LogP contribution < -0.4 is 15.0 Å². The zero-order valence-corrected chi connectivity index (χ0v) is 20.0. The van der Waals surface area contributed by atoms with E-state index in [-0.39, 0.29) is 36.6 Å². The van der Waals surface area contributed by atoms with Gasteiger partial charge in [0.1, 0.15) is 17.4 Å². The van der Waals surface area contributed by atoms with Crippen LogP contribution in [0.4, 0.5) is 10.2 Å². The van der Waals surface area contributed by atoms with Crippen LogP contribution in [0.2, 0.25) is 0 Å².